The molecule has 0 unspecified atom stereocenters. The van der Waals surface area contributed by atoms with Crippen molar-refractivity contribution in [3.63, 3.8) is 0 Å². The number of likely N-dealkylation sites (tertiary alicyclic amines) is 1. The van der Waals surface area contributed by atoms with Gasteiger partial charge in [-0.2, -0.15) is 0 Å². The van der Waals surface area contributed by atoms with Crippen LogP contribution < -0.4 is 5.32 Å². The molecule has 1 aliphatic rings. The van der Waals surface area contributed by atoms with Crippen molar-refractivity contribution in [1.82, 2.24) is 14.5 Å². The monoisotopic (exact) mass is 488 g/mol. The number of nitrogens with zero attached hydrogens (tertiary/aromatic N) is 3. The second-order valence-electron chi connectivity index (χ2n) is 9.48. The number of halogens is 2. The summed E-state index contributed by atoms with van der Waals surface area (Å²) in [4.78, 5) is 18.6. The number of piperidine rings is 1. The molecule has 1 fully saturated rings. The molecule has 1 N–H and O–H groups in total. The number of carbonyl (C=O) groups excluding carboxylic acids is 1. The zero-order valence-corrected chi connectivity index (χ0v) is 20.4. The minimum atomic E-state index is -0.864. The van der Waals surface area contributed by atoms with Crippen LogP contribution in [0.15, 0.2) is 66.7 Å². The fraction of sp³-hybridized carbons (Fsp3) is 0.310. The van der Waals surface area contributed by atoms with Crippen molar-refractivity contribution in [3.05, 3.63) is 83.9 Å². The number of carbonyl (C=O) groups is 1. The number of aromatic nitrogens is 2. The van der Waals surface area contributed by atoms with Gasteiger partial charge in [0.2, 0.25) is 5.91 Å². The highest BCUT2D eigenvalue weighted by Crippen LogP contribution is 2.30. The first-order chi connectivity index (χ1) is 17.5. The lowest BCUT2D eigenvalue weighted by Gasteiger charge is -2.32. The number of fused-ring (bicyclic) bond motifs is 1. The predicted octanol–water partition coefficient (Wildman–Crippen LogP) is 6.21. The maximum absolute atomic E-state index is 13.9. The first-order valence-electron chi connectivity index (χ1n) is 12.5. The summed E-state index contributed by atoms with van der Waals surface area (Å²) in [6.45, 7) is 5.28. The SMILES string of the molecule is CC(=O)Nc1cccc(C2CCN(CCCn3c(-c4ccc(F)c(F)c4)nc4ccccc43)CC2)c1. The van der Waals surface area contributed by atoms with Gasteiger partial charge < -0.3 is 14.8 Å². The number of nitrogens with one attached hydrogen (secondary N) is 1. The first-order valence-corrected chi connectivity index (χ1v) is 12.5. The van der Waals surface area contributed by atoms with Crippen molar-refractivity contribution >= 4 is 22.6 Å². The Balaban J connectivity index is 1.22. The van der Waals surface area contributed by atoms with E-state index in [0.717, 1.165) is 68.2 Å². The summed E-state index contributed by atoms with van der Waals surface area (Å²) in [6.07, 6.45) is 3.09. The Labute approximate surface area is 209 Å². The highest BCUT2D eigenvalue weighted by molar-refractivity contribution is 5.88. The summed E-state index contributed by atoms with van der Waals surface area (Å²) < 4.78 is 29.6. The standard InChI is InChI=1S/C29H30F2N4O/c1-20(36)32-24-7-4-6-22(18-24)21-12-16-34(17-13-21)14-5-15-35-28-9-3-2-8-27(28)33-29(35)23-10-11-25(30)26(31)19-23/h2-4,6-11,18-19,21H,5,12-17H2,1H3,(H,32,36). The van der Waals surface area contributed by atoms with E-state index in [1.165, 1.54) is 18.6 Å². The fourth-order valence-corrected chi connectivity index (χ4v) is 5.17. The van der Waals surface area contributed by atoms with Crippen molar-refractivity contribution in [3.8, 4) is 11.4 Å². The topological polar surface area (TPSA) is 50.2 Å². The number of hydrogen-bond acceptors (Lipinski definition) is 3. The molecule has 5 rings (SSSR count). The van der Waals surface area contributed by atoms with Crippen LogP contribution >= 0.6 is 0 Å². The van der Waals surface area contributed by atoms with Gasteiger partial charge in [-0.05, 0) is 92.8 Å². The number of benzene rings is 3. The number of hydrogen-bond donors (Lipinski definition) is 1. The zero-order chi connectivity index (χ0) is 25.1. The Hall–Kier alpha value is -3.58. The van der Waals surface area contributed by atoms with Crippen LogP contribution in [0.4, 0.5) is 14.5 Å². The van der Waals surface area contributed by atoms with Crippen molar-refractivity contribution in [1.29, 1.82) is 0 Å². The molecule has 0 atom stereocenters. The molecule has 5 nitrogen and oxygen atoms in total. The van der Waals surface area contributed by atoms with E-state index in [9.17, 15) is 13.6 Å². The fourth-order valence-electron chi connectivity index (χ4n) is 5.17. The molecule has 7 heteroatoms. The Morgan fingerprint density at radius 2 is 1.78 bits per heavy atom. The maximum Gasteiger partial charge on any atom is 0.221 e. The van der Waals surface area contributed by atoms with Crippen molar-refractivity contribution in [2.24, 2.45) is 0 Å². The largest absolute Gasteiger partial charge is 0.326 e. The molecule has 0 radical (unpaired) electrons. The van der Waals surface area contributed by atoms with Gasteiger partial charge in [-0.1, -0.05) is 24.3 Å². The molecule has 0 saturated carbocycles. The normalized spacial score (nSPS) is 14.9. The third-order valence-corrected chi connectivity index (χ3v) is 6.95. The van der Waals surface area contributed by atoms with Crippen molar-refractivity contribution < 1.29 is 13.6 Å². The molecule has 186 valence electrons. The molecule has 0 bridgehead atoms. The van der Waals surface area contributed by atoms with Crippen LogP contribution in [0.1, 0.15) is 37.7 Å². The van der Waals surface area contributed by atoms with E-state index < -0.39 is 11.6 Å². The summed E-state index contributed by atoms with van der Waals surface area (Å²) in [5.41, 5.74) is 4.55. The minimum absolute atomic E-state index is 0.0552. The first kappa shape index (κ1) is 24.1. The van der Waals surface area contributed by atoms with Gasteiger partial charge in [0.1, 0.15) is 5.82 Å². The second-order valence-corrected chi connectivity index (χ2v) is 9.48. The summed E-state index contributed by atoms with van der Waals surface area (Å²) in [7, 11) is 0. The number of aryl methyl sites for hydroxylation is 1. The average molecular weight is 489 g/mol. The molecule has 1 saturated heterocycles. The molecule has 1 amide bonds. The molecule has 3 aromatic carbocycles. The third kappa shape index (κ3) is 5.31. The van der Waals surface area contributed by atoms with Crippen LogP contribution in [0.25, 0.3) is 22.4 Å². The number of amides is 1. The summed E-state index contributed by atoms with van der Waals surface area (Å²) in [5.74, 6) is -0.621. The van der Waals surface area contributed by atoms with Gasteiger partial charge in [-0.3, -0.25) is 4.79 Å². The van der Waals surface area contributed by atoms with Crippen LogP contribution in [0, 0.1) is 11.6 Å². The smallest absolute Gasteiger partial charge is 0.221 e. The van der Waals surface area contributed by atoms with E-state index in [1.54, 1.807) is 6.07 Å². The van der Waals surface area contributed by atoms with E-state index in [2.05, 4.69) is 26.9 Å². The van der Waals surface area contributed by atoms with E-state index in [1.807, 2.05) is 36.4 Å². The van der Waals surface area contributed by atoms with Crippen LogP contribution in [-0.4, -0.2) is 40.0 Å². The zero-order valence-electron chi connectivity index (χ0n) is 20.4. The van der Waals surface area contributed by atoms with E-state index in [4.69, 9.17) is 4.98 Å². The highest BCUT2D eigenvalue weighted by Gasteiger charge is 2.21. The van der Waals surface area contributed by atoms with E-state index in [0.29, 0.717) is 17.3 Å². The van der Waals surface area contributed by atoms with E-state index >= 15 is 0 Å². The van der Waals surface area contributed by atoms with Crippen LogP contribution in [-0.2, 0) is 11.3 Å². The summed E-state index contributed by atoms with van der Waals surface area (Å²) in [6, 6.07) is 20.0. The molecule has 4 aromatic rings. The third-order valence-electron chi connectivity index (χ3n) is 6.95. The molecule has 0 aliphatic carbocycles. The Bertz CT molecular complexity index is 1370. The van der Waals surface area contributed by atoms with E-state index in [-0.39, 0.29) is 5.91 Å². The number of anilines is 1. The molecular weight excluding hydrogens is 458 g/mol. The Morgan fingerprint density at radius 3 is 2.56 bits per heavy atom. The van der Waals surface area contributed by atoms with Gasteiger partial charge in [-0.25, -0.2) is 13.8 Å². The van der Waals surface area contributed by atoms with Crippen LogP contribution in [0.2, 0.25) is 0 Å². The Morgan fingerprint density at radius 1 is 0.972 bits per heavy atom. The van der Waals surface area contributed by atoms with Crippen LogP contribution in [0.3, 0.4) is 0 Å². The number of imidazole rings is 1. The molecule has 36 heavy (non-hydrogen) atoms. The molecule has 2 heterocycles. The molecular formula is C29H30F2N4O. The van der Waals surface area contributed by atoms with Crippen molar-refractivity contribution in [2.75, 3.05) is 25.0 Å². The maximum atomic E-state index is 13.9. The van der Waals surface area contributed by atoms with Crippen LogP contribution in [0.5, 0.6) is 0 Å². The predicted molar refractivity (Wildman–Crippen MR) is 139 cm³/mol. The quantitative estimate of drug-likeness (QED) is 0.337. The molecule has 1 aliphatic heterocycles. The van der Waals surface area contributed by atoms with Gasteiger partial charge in [0.15, 0.2) is 11.6 Å². The summed E-state index contributed by atoms with van der Waals surface area (Å²) in [5, 5.41) is 2.87. The highest BCUT2D eigenvalue weighted by atomic mass is 19.2. The lowest BCUT2D eigenvalue weighted by Crippen LogP contribution is -2.34. The molecule has 0 spiro atoms. The average Bonchev–Trinajstić information content (AvgIpc) is 3.24. The Kier molecular flexibility index (Phi) is 7.09. The van der Waals surface area contributed by atoms with Crippen molar-refractivity contribution in [2.45, 2.75) is 38.6 Å². The number of rotatable bonds is 7. The van der Waals surface area contributed by atoms with Gasteiger partial charge in [0.05, 0.1) is 11.0 Å². The van der Waals surface area contributed by atoms with Gasteiger partial charge in [0, 0.05) is 24.7 Å². The lowest BCUT2D eigenvalue weighted by molar-refractivity contribution is -0.114. The lowest BCUT2D eigenvalue weighted by atomic mass is 9.89. The summed E-state index contributed by atoms with van der Waals surface area (Å²) >= 11 is 0. The van der Waals surface area contributed by atoms with Gasteiger partial charge in [0.25, 0.3) is 0 Å². The van der Waals surface area contributed by atoms with Gasteiger partial charge in [-0.15, -0.1) is 0 Å². The molecule has 1 aromatic heterocycles. The minimum Gasteiger partial charge on any atom is -0.326 e. The number of para-hydroxylation sites is 2. The second kappa shape index (κ2) is 10.6. The van der Waals surface area contributed by atoms with Gasteiger partial charge >= 0.3 is 0 Å².